The van der Waals surface area contributed by atoms with Crippen LogP contribution in [0.5, 0.6) is 0 Å². The molecule has 0 heterocycles. The highest BCUT2D eigenvalue weighted by Gasteiger charge is 2.18. The van der Waals surface area contributed by atoms with Crippen molar-refractivity contribution in [3.05, 3.63) is 48.0 Å². The van der Waals surface area contributed by atoms with E-state index in [1.807, 2.05) is 30.3 Å². The topological polar surface area (TPSA) is 95.5 Å². The monoisotopic (exact) mass is 304 g/mol. The smallest absolute Gasteiger partial charge is 0.326 e. The first kappa shape index (κ1) is 17.4. The summed E-state index contributed by atoms with van der Waals surface area (Å²) in [5, 5.41) is 13.8. The summed E-state index contributed by atoms with van der Waals surface area (Å²) in [5.74, 6) is -1.93. The molecule has 1 aromatic carbocycles. The molecule has 0 bridgehead atoms. The fraction of sp³-hybridized carbons (Fsp3) is 0.312. The second-order valence-corrected chi connectivity index (χ2v) is 4.70. The van der Waals surface area contributed by atoms with E-state index in [4.69, 9.17) is 5.11 Å². The molecule has 1 rings (SSSR count). The van der Waals surface area contributed by atoms with Gasteiger partial charge in [-0.05, 0) is 18.9 Å². The molecule has 6 nitrogen and oxygen atoms in total. The number of hydrogen-bond acceptors (Lipinski definition) is 3. The molecule has 0 aliphatic rings. The molecule has 0 aromatic heterocycles. The fourth-order valence-corrected chi connectivity index (χ4v) is 1.76. The van der Waals surface area contributed by atoms with Crippen LogP contribution in [0.1, 0.15) is 18.9 Å². The Morgan fingerprint density at radius 2 is 1.86 bits per heavy atom. The van der Waals surface area contributed by atoms with E-state index in [0.29, 0.717) is 0 Å². The van der Waals surface area contributed by atoms with Gasteiger partial charge in [0.1, 0.15) is 6.04 Å². The Balaban J connectivity index is 2.38. The molecule has 0 saturated heterocycles. The Morgan fingerprint density at radius 3 is 2.45 bits per heavy atom. The Labute approximate surface area is 129 Å². The minimum atomic E-state index is -1.11. The highest BCUT2D eigenvalue weighted by Crippen LogP contribution is 1.99. The summed E-state index contributed by atoms with van der Waals surface area (Å²) in [4.78, 5) is 34.3. The molecule has 0 radical (unpaired) electrons. The van der Waals surface area contributed by atoms with Gasteiger partial charge >= 0.3 is 5.97 Å². The first-order valence-corrected chi connectivity index (χ1v) is 6.97. The molecule has 0 aliphatic carbocycles. The van der Waals surface area contributed by atoms with Crippen LogP contribution >= 0.6 is 0 Å². The lowest BCUT2D eigenvalue weighted by Gasteiger charge is -2.13. The van der Waals surface area contributed by atoms with Gasteiger partial charge in [-0.3, -0.25) is 9.59 Å². The number of amides is 2. The highest BCUT2D eigenvalue weighted by molar-refractivity contribution is 5.88. The Morgan fingerprint density at radius 1 is 1.18 bits per heavy atom. The number of rotatable bonds is 8. The second-order valence-electron chi connectivity index (χ2n) is 4.70. The number of carbonyl (C=O) groups excluding carboxylic acids is 2. The van der Waals surface area contributed by atoms with E-state index in [0.717, 1.165) is 5.56 Å². The maximum Gasteiger partial charge on any atom is 0.326 e. The van der Waals surface area contributed by atoms with Crippen LogP contribution < -0.4 is 10.6 Å². The summed E-state index contributed by atoms with van der Waals surface area (Å²) in [5.41, 5.74) is 0.844. The van der Waals surface area contributed by atoms with E-state index in [2.05, 4.69) is 10.6 Å². The standard InChI is InChI=1S/C16H20N2O4/c1-2-3-9-13(16(21)22)18-15(20)11-17-14(19)10-12-7-5-4-6-8-12/h2-8,13H,9-11H2,1H3,(H,17,19)(H,18,20)(H,21,22)/b3-2+. The summed E-state index contributed by atoms with van der Waals surface area (Å²) in [6.45, 7) is 1.52. The highest BCUT2D eigenvalue weighted by atomic mass is 16.4. The van der Waals surface area contributed by atoms with Gasteiger partial charge in [0.15, 0.2) is 0 Å². The van der Waals surface area contributed by atoms with Crippen molar-refractivity contribution in [1.82, 2.24) is 10.6 Å². The molecule has 0 saturated carbocycles. The summed E-state index contributed by atoms with van der Waals surface area (Å²) in [6.07, 6.45) is 3.75. The van der Waals surface area contributed by atoms with E-state index in [9.17, 15) is 14.4 Å². The van der Waals surface area contributed by atoms with Crippen LogP contribution in [0.2, 0.25) is 0 Å². The van der Waals surface area contributed by atoms with Gasteiger partial charge < -0.3 is 15.7 Å². The van der Waals surface area contributed by atoms with E-state index >= 15 is 0 Å². The summed E-state index contributed by atoms with van der Waals surface area (Å²) >= 11 is 0. The quantitative estimate of drug-likeness (QED) is 0.621. The summed E-state index contributed by atoms with van der Waals surface area (Å²) < 4.78 is 0. The zero-order chi connectivity index (χ0) is 16.4. The third-order valence-electron chi connectivity index (χ3n) is 2.89. The van der Waals surface area contributed by atoms with Crippen molar-refractivity contribution in [2.45, 2.75) is 25.8 Å². The lowest BCUT2D eigenvalue weighted by Crippen LogP contribution is -2.45. The molecule has 0 aliphatic heterocycles. The molecular weight excluding hydrogens is 284 g/mol. The van der Waals surface area contributed by atoms with E-state index < -0.39 is 17.9 Å². The van der Waals surface area contributed by atoms with Crippen molar-refractivity contribution >= 4 is 17.8 Å². The number of allylic oxidation sites excluding steroid dienone is 1. The predicted molar refractivity (Wildman–Crippen MR) is 82.2 cm³/mol. The average molecular weight is 304 g/mol. The molecule has 0 spiro atoms. The minimum absolute atomic E-state index is 0.176. The number of aliphatic carboxylic acids is 1. The van der Waals surface area contributed by atoms with Crippen molar-refractivity contribution in [2.24, 2.45) is 0 Å². The molecule has 3 N–H and O–H groups in total. The second kappa shape index (κ2) is 9.33. The third kappa shape index (κ3) is 6.69. The van der Waals surface area contributed by atoms with Gasteiger partial charge in [0.2, 0.25) is 11.8 Å². The molecular formula is C16H20N2O4. The number of hydrogen-bond donors (Lipinski definition) is 3. The fourth-order valence-electron chi connectivity index (χ4n) is 1.76. The lowest BCUT2D eigenvalue weighted by molar-refractivity contribution is -0.141. The number of carboxylic acids is 1. The molecule has 1 atom stereocenters. The maximum atomic E-state index is 11.7. The summed E-state index contributed by atoms with van der Waals surface area (Å²) in [7, 11) is 0. The first-order chi connectivity index (χ1) is 10.5. The van der Waals surface area contributed by atoms with Crippen molar-refractivity contribution in [1.29, 1.82) is 0 Å². The first-order valence-electron chi connectivity index (χ1n) is 6.97. The minimum Gasteiger partial charge on any atom is -0.480 e. The van der Waals surface area contributed by atoms with Crippen LogP contribution in [0.4, 0.5) is 0 Å². The maximum absolute atomic E-state index is 11.7. The van der Waals surface area contributed by atoms with Gasteiger partial charge in [0, 0.05) is 0 Å². The average Bonchev–Trinajstić information content (AvgIpc) is 2.50. The molecule has 22 heavy (non-hydrogen) atoms. The zero-order valence-electron chi connectivity index (χ0n) is 12.4. The molecule has 118 valence electrons. The number of carboxylic acid groups (broad SMARTS) is 1. The Hall–Kier alpha value is -2.63. The van der Waals surface area contributed by atoms with Gasteiger partial charge in [0.25, 0.3) is 0 Å². The molecule has 6 heteroatoms. The van der Waals surface area contributed by atoms with Crippen molar-refractivity contribution in [3.63, 3.8) is 0 Å². The number of carbonyl (C=O) groups is 3. The van der Waals surface area contributed by atoms with Crippen LogP contribution in [0.25, 0.3) is 0 Å². The Kier molecular flexibility index (Phi) is 7.39. The van der Waals surface area contributed by atoms with Crippen LogP contribution in [-0.4, -0.2) is 35.5 Å². The van der Waals surface area contributed by atoms with E-state index in [1.54, 1.807) is 19.1 Å². The third-order valence-corrected chi connectivity index (χ3v) is 2.89. The Bertz CT molecular complexity index is 540. The molecule has 0 fully saturated rings. The van der Waals surface area contributed by atoms with Gasteiger partial charge in [-0.15, -0.1) is 0 Å². The largest absolute Gasteiger partial charge is 0.480 e. The van der Waals surface area contributed by atoms with Crippen molar-refractivity contribution in [2.75, 3.05) is 6.54 Å². The lowest BCUT2D eigenvalue weighted by atomic mass is 10.1. The van der Waals surface area contributed by atoms with Crippen LogP contribution in [0, 0.1) is 0 Å². The van der Waals surface area contributed by atoms with Crippen molar-refractivity contribution in [3.8, 4) is 0 Å². The van der Waals surface area contributed by atoms with Crippen LogP contribution in [0.3, 0.4) is 0 Å². The van der Waals surface area contributed by atoms with E-state index in [1.165, 1.54) is 0 Å². The van der Waals surface area contributed by atoms with Gasteiger partial charge in [-0.1, -0.05) is 42.5 Å². The van der Waals surface area contributed by atoms with Crippen LogP contribution in [0.15, 0.2) is 42.5 Å². The number of benzene rings is 1. The van der Waals surface area contributed by atoms with Gasteiger partial charge in [0.05, 0.1) is 13.0 Å². The summed E-state index contributed by atoms with van der Waals surface area (Å²) in [6, 6.07) is 8.15. The molecule has 1 unspecified atom stereocenters. The van der Waals surface area contributed by atoms with E-state index in [-0.39, 0.29) is 25.3 Å². The SMILES string of the molecule is C/C=C/CC(NC(=O)CNC(=O)Cc1ccccc1)C(=O)O. The van der Waals surface area contributed by atoms with Gasteiger partial charge in [-0.2, -0.15) is 0 Å². The predicted octanol–water partition coefficient (Wildman–Crippen LogP) is 0.881. The zero-order valence-corrected chi connectivity index (χ0v) is 12.4. The van der Waals surface area contributed by atoms with Crippen LogP contribution in [-0.2, 0) is 20.8 Å². The van der Waals surface area contributed by atoms with Gasteiger partial charge in [-0.25, -0.2) is 4.79 Å². The van der Waals surface area contributed by atoms with Crippen molar-refractivity contribution < 1.29 is 19.5 Å². The number of nitrogens with one attached hydrogen (secondary N) is 2. The molecule has 1 aromatic rings. The normalized spacial score (nSPS) is 11.9. The molecule has 2 amide bonds.